The van der Waals surface area contributed by atoms with Crippen LogP contribution in [-0.4, -0.2) is 11.6 Å². The van der Waals surface area contributed by atoms with Gasteiger partial charge in [0.2, 0.25) is 0 Å². The monoisotopic (exact) mass is 415 g/mol. The molecule has 4 nitrogen and oxygen atoms in total. The molecule has 0 aromatic heterocycles. The first-order valence-corrected chi connectivity index (χ1v) is 10.2. The molecule has 0 N–H and O–H groups in total. The van der Waals surface area contributed by atoms with Crippen LogP contribution in [0.2, 0.25) is 0 Å². The molecule has 0 saturated heterocycles. The number of nitrogens with zero attached hydrogens (tertiary/aromatic N) is 1. The van der Waals surface area contributed by atoms with Gasteiger partial charge in [-0.05, 0) is 29.0 Å². The zero-order valence-electron chi connectivity index (χ0n) is 17.0. The largest absolute Gasteiger partial charge is 0.488 e. The maximum Gasteiger partial charge on any atom is 0.197 e. The number of carbonyl (C=O) groups excluding carboxylic acids is 2. The number of Topliss-reactive ketones (excluding diaryl/α,β-unsaturated/α-hetero) is 2. The molecule has 5 rings (SSSR count). The summed E-state index contributed by atoms with van der Waals surface area (Å²) in [5.41, 5.74) is 2.96. The number of fused-ring (bicyclic) bond motifs is 2. The molecular formula is C28H17NO3. The van der Waals surface area contributed by atoms with Crippen LogP contribution in [-0.2, 0) is 6.61 Å². The summed E-state index contributed by atoms with van der Waals surface area (Å²) in [6, 6.07) is 27.8. The van der Waals surface area contributed by atoms with Crippen LogP contribution in [0.1, 0.15) is 37.4 Å². The Morgan fingerprint density at radius 1 is 0.781 bits per heavy atom. The number of hydrogen-bond acceptors (Lipinski definition) is 4. The predicted molar refractivity (Wildman–Crippen MR) is 123 cm³/mol. The molecular weight excluding hydrogens is 398 g/mol. The average molecular weight is 415 g/mol. The smallest absolute Gasteiger partial charge is 0.197 e. The minimum absolute atomic E-state index is 0.129. The van der Waals surface area contributed by atoms with E-state index in [2.05, 4.69) is 6.07 Å². The molecule has 0 bridgehead atoms. The molecule has 4 aromatic carbocycles. The SMILES string of the molecule is N#Cc1ccccc1COc1ccc2ccccc2c1C=C1C(=O)c2ccccc2C1=O. The Bertz CT molecular complexity index is 1440. The van der Waals surface area contributed by atoms with E-state index in [4.69, 9.17) is 4.74 Å². The lowest BCUT2D eigenvalue weighted by molar-refractivity contribution is 0.0990. The summed E-state index contributed by atoms with van der Waals surface area (Å²) in [6.07, 6.45) is 1.64. The molecule has 0 saturated carbocycles. The molecule has 4 aromatic rings. The molecule has 1 aliphatic carbocycles. The van der Waals surface area contributed by atoms with E-state index < -0.39 is 0 Å². The van der Waals surface area contributed by atoms with E-state index in [9.17, 15) is 14.9 Å². The molecule has 0 atom stereocenters. The van der Waals surface area contributed by atoms with Gasteiger partial charge in [0.1, 0.15) is 12.4 Å². The standard InChI is InChI=1S/C28H17NO3/c29-16-19-8-1-2-9-20(19)17-32-26-14-13-18-7-3-4-10-21(18)24(26)15-25-27(30)22-11-5-6-12-23(22)28(25)31/h1-15H,17H2. The highest BCUT2D eigenvalue weighted by Crippen LogP contribution is 2.34. The third-order valence-corrected chi connectivity index (χ3v) is 5.65. The lowest BCUT2D eigenvalue weighted by atomic mass is 9.99. The van der Waals surface area contributed by atoms with Crippen molar-refractivity contribution in [3.8, 4) is 11.8 Å². The summed E-state index contributed by atoms with van der Waals surface area (Å²) in [5, 5.41) is 11.2. The number of ether oxygens (including phenoxy) is 1. The third-order valence-electron chi connectivity index (χ3n) is 5.65. The van der Waals surface area contributed by atoms with Crippen molar-refractivity contribution in [1.29, 1.82) is 5.26 Å². The minimum Gasteiger partial charge on any atom is -0.488 e. The Labute approximate surface area is 185 Å². The van der Waals surface area contributed by atoms with E-state index in [1.165, 1.54) is 0 Å². The Hall–Kier alpha value is -4.49. The Kier molecular flexibility index (Phi) is 4.85. The Balaban J connectivity index is 1.61. The first-order chi connectivity index (χ1) is 15.7. The minimum atomic E-state index is -0.278. The van der Waals surface area contributed by atoms with Crippen molar-refractivity contribution >= 4 is 28.4 Å². The fraction of sp³-hybridized carbons (Fsp3) is 0.0357. The molecule has 0 aliphatic heterocycles. The maximum atomic E-state index is 13.0. The van der Waals surface area contributed by atoms with Crippen molar-refractivity contribution < 1.29 is 14.3 Å². The van der Waals surface area contributed by atoms with E-state index in [1.54, 1.807) is 36.4 Å². The lowest BCUT2D eigenvalue weighted by Crippen LogP contribution is -2.03. The number of carbonyl (C=O) groups is 2. The zero-order chi connectivity index (χ0) is 22.1. The number of benzene rings is 4. The van der Waals surface area contributed by atoms with Crippen LogP contribution >= 0.6 is 0 Å². The van der Waals surface area contributed by atoms with Crippen LogP contribution in [0.3, 0.4) is 0 Å². The van der Waals surface area contributed by atoms with Crippen LogP contribution in [0.4, 0.5) is 0 Å². The lowest BCUT2D eigenvalue weighted by Gasteiger charge is -2.13. The average Bonchev–Trinajstić information content (AvgIpc) is 3.08. The maximum absolute atomic E-state index is 13.0. The third kappa shape index (κ3) is 3.27. The Morgan fingerprint density at radius 2 is 1.44 bits per heavy atom. The van der Waals surface area contributed by atoms with Crippen molar-refractivity contribution in [2.75, 3.05) is 0 Å². The highest BCUT2D eigenvalue weighted by molar-refractivity contribution is 6.41. The summed E-state index contributed by atoms with van der Waals surface area (Å²) in [4.78, 5) is 25.9. The second kappa shape index (κ2) is 7.98. The van der Waals surface area contributed by atoms with E-state index in [0.717, 1.165) is 16.3 Å². The van der Waals surface area contributed by atoms with Crippen molar-refractivity contribution in [3.63, 3.8) is 0 Å². The van der Waals surface area contributed by atoms with Crippen molar-refractivity contribution in [2.45, 2.75) is 6.61 Å². The molecule has 152 valence electrons. The van der Waals surface area contributed by atoms with Gasteiger partial charge in [0.15, 0.2) is 11.6 Å². The Morgan fingerprint density at radius 3 is 2.19 bits per heavy atom. The van der Waals surface area contributed by atoms with Gasteiger partial charge in [0.25, 0.3) is 0 Å². The number of hydrogen-bond donors (Lipinski definition) is 0. The fourth-order valence-electron chi connectivity index (χ4n) is 4.01. The molecule has 0 unspecified atom stereocenters. The second-order valence-corrected chi connectivity index (χ2v) is 7.52. The summed E-state index contributed by atoms with van der Waals surface area (Å²) in [5.74, 6) is -0.0147. The van der Waals surface area contributed by atoms with Gasteiger partial charge in [-0.2, -0.15) is 5.26 Å². The summed E-state index contributed by atoms with van der Waals surface area (Å²) in [6.45, 7) is 0.195. The molecule has 0 spiro atoms. The van der Waals surface area contributed by atoms with Gasteiger partial charge in [0, 0.05) is 22.3 Å². The number of allylic oxidation sites excluding steroid dienone is 1. The highest BCUT2D eigenvalue weighted by atomic mass is 16.5. The molecule has 32 heavy (non-hydrogen) atoms. The van der Waals surface area contributed by atoms with Gasteiger partial charge in [-0.3, -0.25) is 9.59 Å². The first-order valence-electron chi connectivity index (χ1n) is 10.2. The van der Waals surface area contributed by atoms with E-state index in [-0.39, 0.29) is 23.7 Å². The summed E-state index contributed by atoms with van der Waals surface area (Å²) in [7, 11) is 0. The number of rotatable bonds is 4. The molecule has 4 heteroatoms. The van der Waals surface area contributed by atoms with Crippen LogP contribution in [0, 0.1) is 11.3 Å². The normalized spacial score (nSPS) is 12.5. The first kappa shape index (κ1) is 19.5. The van der Waals surface area contributed by atoms with Gasteiger partial charge >= 0.3 is 0 Å². The van der Waals surface area contributed by atoms with Gasteiger partial charge in [0.05, 0.1) is 17.2 Å². The number of ketones is 2. The van der Waals surface area contributed by atoms with Gasteiger partial charge in [-0.25, -0.2) is 0 Å². The summed E-state index contributed by atoms with van der Waals surface area (Å²) < 4.78 is 6.11. The van der Waals surface area contributed by atoms with Crippen molar-refractivity contribution in [1.82, 2.24) is 0 Å². The van der Waals surface area contributed by atoms with E-state index in [0.29, 0.717) is 28.0 Å². The van der Waals surface area contributed by atoms with Crippen molar-refractivity contribution in [3.05, 3.63) is 118 Å². The summed E-state index contributed by atoms with van der Waals surface area (Å²) >= 11 is 0. The topological polar surface area (TPSA) is 67.2 Å². The van der Waals surface area contributed by atoms with Gasteiger partial charge in [-0.1, -0.05) is 72.8 Å². The van der Waals surface area contributed by atoms with Crippen LogP contribution < -0.4 is 4.74 Å². The molecule has 0 amide bonds. The number of nitriles is 1. The van der Waals surface area contributed by atoms with Gasteiger partial charge in [-0.15, -0.1) is 0 Å². The molecule has 1 aliphatic rings. The van der Waals surface area contributed by atoms with Crippen LogP contribution in [0.25, 0.3) is 16.8 Å². The van der Waals surface area contributed by atoms with E-state index >= 15 is 0 Å². The zero-order valence-corrected chi connectivity index (χ0v) is 17.0. The predicted octanol–water partition coefficient (Wildman–Crippen LogP) is 5.75. The molecule has 0 heterocycles. The molecule has 0 radical (unpaired) electrons. The van der Waals surface area contributed by atoms with E-state index in [1.807, 2.05) is 54.6 Å². The highest BCUT2D eigenvalue weighted by Gasteiger charge is 2.33. The quantitative estimate of drug-likeness (QED) is 0.314. The second-order valence-electron chi connectivity index (χ2n) is 7.52. The van der Waals surface area contributed by atoms with Gasteiger partial charge < -0.3 is 4.74 Å². The molecule has 0 fully saturated rings. The van der Waals surface area contributed by atoms with Crippen LogP contribution in [0.15, 0.2) is 90.5 Å². The fourth-order valence-corrected chi connectivity index (χ4v) is 4.01. The van der Waals surface area contributed by atoms with Crippen LogP contribution in [0.5, 0.6) is 5.75 Å². The van der Waals surface area contributed by atoms with Crippen molar-refractivity contribution in [2.24, 2.45) is 0 Å².